The van der Waals surface area contributed by atoms with Crippen LogP contribution in [-0.2, 0) is 4.74 Å². The highest BCUT2D eigenvalue weighted by molar-refractivity contribution is 5.91. The van der Waals surface area contributed by atoms with Gasteiger partial charge in [0, 0.05) is 12.1 Å². The molecule has 1 rings (SSSR count). The molecule has 0 aliphatic carbocycles. The fourth-order valence-electron chi connectivity index (χ4n) is 1.26. The second kappa shape index (κ2) is 6.40. The Labute approximate surface area is 107 Å². The molecule has 2 N–H and O–H groups in total. The van der Waals surface area contributed by atoms with Crippen LogP contribution in [0.3, 0.4) is 0 Å². The van der Waals surface area contributed by atoms with Crippen molar-refractivity contribution in [3.8, 4) is 0 Å². The molecule has 9 nitrogen and oxygen atoms in total. The van der Waals surface area contributed by atoms with Gasteiger partial charge in [0.1, 0.15) is 0 Å². The molecule has 0 aliphatic heterocycles. The van der Waals surface area contributed by atoms with Gasteiger partial charge in [0.15, 0.2) is 0 Å². The first kappa shape index (κ1) is 14.5. The minimum atomic E-state index is -0.861. The zero-order valence-corrected chi connectivity index (χ0v) is 9.77. The number of esters is 1. The predicted octanol–water partition coefficient (Wildman–Crippen LogP) is 1.01. The maximum atomic E-state index is 11.6. The molecular weight excluding hydrogens is 258 g/mol. The fraction of sp³-hybridized carbons (Fsp3) is 0.300. The van der Waals surface area contributed by atoms with Crippen LogP contribution in [0.5, 0.6) is 0 Å². The van der Waals surface area contributed by atoms with Crippen molar-refractivity contribution in [2.24, 2.45) is 5.73 Å². The third-order valence-corrected chi connectivity index (χ3v) is 2.14. The zero-order chi connectivity index (χ0) is 14.4. The number of nitro groups is 2. The van der Waals surface area contributed by atoms with E-state index in [1.54, 1.807) is 0 Å². The van der Waals surface area contributed by atoms with Crippen molar-refractivity contribution in [1.29, 1.82) is 0 Å². The lowest BCUT2D eigenvalue weighted by molar-refractivity contribution is -0.394. The smallest absolute Gasteiger partial charge is 0.338 e. The first-order valence-electron chi connectivity index (χ1n) is 5.26. The molecule has 0 unspecified atom stereocenters. The Hall–Kier alpha value is -2.55. The number of ether oxygens (including phenoxy) is 1. The lowest BCUT2D eigenvalue weighted by Gasteiger charge is -2.03. The maximum absolute atomic E-state index is 11.6. The van der Waals surface area contributed by atoms with E-state index in [4.69, 9.17) is 10.5 Å². The first-order valence-corrected chi connectivity index (χ1v) is 5.26. The molecule has 0 heterocycles. The Bertz CT molecular complexity index is 484. The summed E-state index contributed by atoms with van der Waals surface area (Å²) in [6, 6.07) is 2.63. The molecule has 0 aromatic heterocycles. The molecule has 102 valence electrons. The van der Waals surface area contributed by atoms with E-state index in [-0.39, 0.29) is 12.2 Å². The highest BCUT2D eigenvalue weighted by Crippen LogP contribution is 2.23. The van der Waals surface area contributed by atoms with E-state index in [2.05, 4.69) is 0 Å². The monoisotopic (exact) mass is 269 g/mol. The third kappa shape index (κ3) is 4.00. The molecule has 0 saturated heterocycles. The Balaban J connectivity index is 3.02. The predicted molar refractivity (Wildman–Crippen MR) is 63.7 cm³/mol. The van der Waals surface area contributed by atoms with Crippen molar-refractivity contribution in [1.82, 2.24) is 0 Å². The van der Waals surface area contributed by atoms with Gasteiger partial charge in [-0.1, -0.05) is 0 Å². The molecular formula is C10H11N3O6. The number of carbonyl (C=O) groups is 1. The SMILES string of the molecule is NCCCOC(=O)c1cc([N+](=O)[O-])cc([N+](=O)[O-])c1. The van der Waals surface area contributed by atoms with Crippen molar-refractivity contribution < 1.29 is 19.4 Å². The average Bonchev–Trinajstić information content (AvgIpc) is 2.38. The van der Waals surface area contributed by atoms with Gasteiger partial charge >= 0.3 is 5.97 Å². The van der Waals surface area contributed by atoms with Crippen molar-refractivity contribution in [2.45, 2.75) is 6.42 Å². The highest BCUT2D eigenvalue weighted by Gasteiger charge is 2.20. The topological polar surface area (TPSA) is 139 Å². The summed E-state index contributed by atoms with van der Waals surface area (Å²) in [5, 5.41) is 21.3. The van der Waals surface area contributed by atoms with Crippen LogP contribution in [0.25, 0.3) is 0 Å². The summed E-state index contributed by atoms with van der Waals surface area (Å²) in [4.78, 5) is 31.2. The Kier molecular flexibility index (Phi) is 4.89. The fourth-order valence-corrected chi connectivity index (χ4v) is 1.26. The standard InChI is InChI=1S/C10H11N3O6/c11-2-1-3-19-10(14)7-4-8(12(15)16)6-9(5-7)13(17)18/h4-6H,1-3,11H2. The average molecular weight is 269 g/mol. The molecule has 0 aliphatic rings. The molecule has 9 heteroatoms. The van der Waals surface area contributed by atoms with Crippen LogP contribution < -0.4 is 5.73 Å². The van der Waals surface area contributed by atoms with Gasteiger partial charge in [0.05, 0.1) is 28.1 Å². The second-order valence-corrected chi connectivity index (χ2v) is 3.53. The second-order valence-electron chi connectivity index (χ2n) is 3.53. The van der Waals surface area contributed by atoms with Crippen LogP contribution in [0.15, 0.2) is 18.2 Å². The van der Waals surface area contributed by atoms with Gasteiger partial charge < -0.3 is 10.5 Å². The van der Waals surface area contributed by atoms with Gasteiger partial charge in [0.2, 0.25) is 0 Å². The highest BCUT2D eigenvalue weighted by atomic mass is 16.6. The Morgan fingerprint density at radius 1 is 1.16 bits per heavy atom. The van der Waals surface area contributed by atoms with E-state index in [0.29, 0.717) is 13.0 Å². The van der Waals surface area contributed by atoms with Crippen molar-refractivity contribution >= 4 is 17.3 Å². The van der Waals surface area contributed by atoms with Crippen LogP contribution >= 0.6 is 0 Å². The van der Waals surface area contributed by atoms with Gasteiger partial charge in [-0.2, -0.15) is 0 Å². The van der Waals surface area contributed by atoms with Gasteiger partial charge in [-0.15, -0.1) is 0 Å². The summed E-state index contributed by atoms with van der Waals surface area (Å²) in [7, 11) is 0. The van der Waals surface area contributed by atoms with E-state index in [1.165, 1.54) is 0 Å². The Morgan fingerprint density at radius 3 is 2.11 bits per heavy atom. The molecule has 0 fully saturated rings. The van der Waals surface area contributed by atoms with E-state index >= 15 is 0 Å². The summed E-state index contributed by atoms with van der Waals surface area (Å²) in [6.07, 6.45) is 0.433. The molecule has 1 aromatic carbocycles. The number of carbonyl (C=O) groups excluding carboxylic acids is 1. The number of nitro benzene ring substituents is 2. The molecule has 0 atom stereocenters. The first-order chi connectivity index (χ1) is 8.95. The Morgan fingerprint density at radius 2 is 1.68 bits per heavy atom. The zero-order valence-electron chi connectivity index (χ0n) is 9.77. The number of hydrogen-bond donors (Lipinski definition) is 1. The summed E-state index contributed by atoms with van der Waals surface area (Å²) >= 11 is 0. The van der Waals surface area contributed by atoms with Crippen LogP contribution in [0, 0.1) is 20.2 Å². The number of nitrogens with two attached hydrogens (primary N) is 1. The molecule has 1 aromatic rings. The van der Waals surface area contributed by atoms with Crippen LogP contribution in [0.4, 0.5) is 11.4 Å². The largest absolute Gasteiger partial charge is 0.462 e. The van der Waals surface area contributed by atoms with Gasteiger partial charge in [-0.3, -0.25) is 20.2 Å². The van der Waals surface area contributed by atoms with Crippen molar-refractivity contribution in [3.05, 3.63) is 44.0 Å². The number of non-ortho nitro benzene ring substituents is 2. The summed E-state index contributed by atoms with van der Waals surface area (Å²) in [6.45, 7) is 0.369. The molecule has 0 saturated carbocycles. The van der Waals surface area contributed by atoms with Crippen LogP contribution in [0.1, 0.15) is 16.8 Å². The molecule has 0 spiro atoms. The normalized spacial score (nSPS) is 9.95. The van der Waals surface area contributed by atoms with Gasteiger partial charge in [-0.25, -0.2) is 4.79 Å². The number of nitrogens with zero attached hydrogens (tertiary/aromatic N) is 2. The van der Waals surface area contributed by atoms with Crippen molar-refractivity contribution in [3.63, 3.8) is 0 Å². The molecule has 0 radical (unpaired) electrons. The quantitative estimate of drug-likeness (QED) is 0.351. The van der Waals surface area contributed by atoms with Gasteiger partial charge in [0.25, 0.3) is 11.4 Å². The minimum absolute atomic E-state index is 0.0474. The van der Waals surface area contributed by atoms with E-state index < -0.39 is 27.2 Å². The minimum Gasteiger partial charge on any atom is -0.462 e. The summed E-state index contributed by atoms with van der Waals surface area (Å²) < 4.78 is 4.77. The number of benzene rings is 1. The number of rotatable bonds is 6. The van der Waals surface area contributed by atoms with E-state index in [0.717, 1.165) is 18.2 Å². The lowest BCUT2D eigenvalue weighted by atomic mass is 10.2. The molecule has 19 heavy (non-hydrogen) atoms. The maximum Gasteiger partial charge on any atom is 0.338 e. The number of hydrogen-bond acceptors (Lipinski definition) is 7. The van der Waals surface area contributed by atoms with Crippen LogP contribution in [-0.4, -0.2) is 29.0 Å². The summed E-state index contributed by atoms with van der Waals surface area (Å²) in [5.41, 5.74) is 3.89. The van der Waals surface area contributed by atoms with E-state index in [1.807, 2.05) is 0 Å². The summed E-state index contributed by atoms with van der Waals surface area (Å²) in [5.74, 6) is -0.861. The van der Waals surface area contributed by atoms with Crippen LogP contribution in [0.2, 0.25) is 0 Å². The van der Waals surface area contributed by atoms with E-state index in [9.17, 15) is 25.0 Å². The molecule has 0 amide bonds. The van der Waals surface area contributed by atoms with Crippen molar-refractivity contribution in [2.75, 3.05) is 13.2 Å². The lowest BCUT2D eigenvalue weighted by Crippen LogP contribution is -2.10. The third-order valence-electron chi connectivity index (χ3n) is 2.14. The van der Waals surface area contributed by atoms with Gasteiger partial charge in [-0.05, 0) is 13.0 Å². The molecule has 0 bridgehead atoms.